The van der Waals surface area contributed by atoms with Crippen LogP contribution in [0.3, 0.4) is 0 Å². The molecule has 1 N–H and O–H groups in total. The maximum atomic E-state index is 12.7. The predicted octanol–water partition coefficient (Wildman–Crippen LogP) is 1.79. The summed E-state index contributed by atoms with van der Waals surface area (Å²) in [6, 6.07) is 16.7. The number of benzene rings is 2. The second-order valence-corrected chi connectivity index (χ2v) is 10.4. The number of nitrogens with zero attached hydrogens (tertiary/aromatic N) is 2. The van der Waals surface area contributed by atoms with Crippen LogP contribution in [-0.2, 0) is 30.8 Å². The van der Waals surface area contributed by atoms with Gasteiger partial charge in [0.15, 0.2) is 0 Å². The van der Waals surface area contributed by atoms with Gasteiger partial charge in [-0.1, -0.05) is 42.5 Å². The van der Waals surface area contributed by atoms with Crippen LogP contribution in [-0.4, -0.2) is 75.6 Å². The van der Waals surface area contributed by atoms with E-state index in [-0.39, 0.29) is 23.0 Å². The second kappa shape index (κ2) is 10.8. The van der Waals surface area contributed by atoms with Crippen LogP contribution in [0.4, 0.5) is 0 Å². The topological polar surface area (TPSA) is 88.2 Å². The number of amides is 1. The Balaban J connectivity index is 1.29. The SMILES string of the molecule is CC1CN(CC(=O)NCc2ccc(S(=O)(=O)N3CCOCC3)cc2)CC(c2ccccc2)O1. The molecule has 2 aromatic rings. The molecule has 4 rings (SSSR count). The number of nitrogens with one attached hydrogen (secondary N) is 1. The van der Waals surface area contributed by atoms with Gasteiger partial charge in [0.25, 0.3) is 0 Å². The summed E-state index contributed by atoms with van der Waals surface area (Å²) in [5, 5.41) is 2.94. The fourth-order valence-electron chi connectivity index (χ4n) is 4.19. The molecule has 0 aromatic heterocycles. The molecule has 2 aliphatic heterocycles. The van der Waals surface area contributed by atoms with Crippen LogP contribution < -0.4 is 5.32 Å². The summed E-state index contributed by atoms with van der Waals surface area (Å²) < 4.78 is 38.2. The Labute approximate surface area is 195 Å². The van der Waals surface area contributed by atoms with Crippen molar-refractivity contribution in [3.8, 4) is 0 Å². The van der Waals surface area contributed by atoms with Crippen molar-refractivity contribution >= 4 is 15.9 Å². The van der Waals surface area contributed by atoms with E-state index >= 15 is 0 Å². The van der Waals surface area contributed by atoms with E-state index in [1.165, 1.54) is 4.31 Å². The first-order valence-electron chi connectivity index (χ1n) is 11.3. The lowest BCUT2D eigenvalue weighted by atomic mass is 10.1. The molecule has 2 heterocycles. The summed E-state index contributed by atoms with van der Waals surface area (Å²) in [6.45, 7) is 5.58. The second-order valence-electron chi connectivity index (χ2n) is 8.48. The number of ether oxygens (including phenoxy) is 2. The molecular formula is C24H31N3O5S. The molecule has 8 nitrogen and oxygen atoms in total. The molecule has 9 heteroatoms. The van der Waals surface area contributed by atoms with Crippen LogP contribution in [0.2, 0.25) is 0 Å². The Morgan fingerprint density at radius 3 is 2.42 bits per heavy atom. The summed E-state index contributed by atoms with van der Waals surface area (Å²) in [6.07, 6.45) is -0.0126. The van der Waals surface area contributed by atoms with E-state index in [0.717, 1.165) is 11.1 Å². The summed E-state index contributed by atoms with van der Waals surface area (Å²) in [7, 11) is -3.52. The number of rotatable bonds is 7. The van der Waals surface area contributed by atoms with Gasteiger partial charge in [-0.3, -0.25) is 9.69 Å². The van der Waals surface area contributed by atoms with E-state index in [4.69, 9.17) is 9.47 Å². The minimum absolute atomic E-state index is 0.0396. The van der Waals surface area contributed by atoms with Crippen molar-refractivity contribution in [2.75, 3.05) is 45.9 Å². The van der Waals surface area contributed by atoms with Gasteiger partial charge in [0.1, 0.15) is 0 Å². The number of carbonyl (C=O) groups is 1. The van der Waals surface area contributed by atoms with E-state index in [2.05, 4.69) is 10.2 Å². The number of morpholine rings is 2. The van der Waals surface area contributed by atoms with Gasteiger partial charge in [0.05, 0.1) is 36.9 Å². The molecule has 2 aromatic carbocycles. The highest BCUT2D eigenvalue weighted by Gasteiger charge is 2.28. The highest BCUT2D eigenvalue weighted by atomic mass is 32.2. The lowest BCUT2D eigenvalue weighted by Gasteiger charge is -2.36. The zero-order valence-electron chi connectivity index (χ0n) is 18.9. The van der Waals surface area contributed by atoms with Gasteiger partial charge in [0, 0.05) is 32.7 Å². The molecule has 2 fully saturated rings. The van der Waals surface area contributed by atoms with Crippen LogP contribution in [0, 0.1) is 0 Å². The van der Waals surface area contributed by atoms with Crippen molar-refractivity contribution in [2.24, 2.45) is 0 Å². The first kappa shape index (κ1) is 23.8. The zero-order chi connectivity index (χ0) is 23.3. The van der Waals surface area contributed by atoms with E-state index in [0.29, 0.717) is 52.5 Å². The minimum Gasteiger partial charge on any atom is -0.379 e. The fraction of sp³-hybridized carbons (Fsp3) is 0.458. The van der Waals surface area contributed by atoms with Crippen molar-refractivity contribution in [1.82, 2.24) is 14.5 Å². The van der Waals surface area contributed by atoms with Gasteiger partial charge in [-0.2, -0.15) is 4.31 Å². The maximum Gasteiger partial charge on any atom is 0.243 e. The Morgan fingerprint density at radius 2 is 1.73 bits per heavy atom. The van der Waals surface area contributed by atoms with Crippen molar-refractivity contribution in [1.29, 1.82) is 0 Å². The molecule has 0 radical (unpaired) electrons. The average molecular weight is 474 g/mol. The summed E-state index contributed by atoms with van der Waals surface area (Å²) in [5.74, 6) is -0.0686. The van der Waals surface area contributed by atoms with E-state index in [1.807, 2.05) is 37.3 Å². The third kappa shape index (κ3) is 6.18. The minimum atomic E-state index is -3.52. The smallest absolute Gasteiger partial charge is 0.243 e. The molecule has 2 atom stereocenters. The Hall–Kier alpha value is -2.30. The Bertz CT molecular complexity index is 1020. The Kier molecular flexibility index (Phi) is 7.77. The quantitative estimate of drug-likeness (QED) is 0.660. The molecule has 33 heavy (non-hydrogen) atoms. The summed E-state index contributed by atoms with van der Waals surface area (Å²) >= 11 is 0. The zero-order valence-corrected chi connectivity index (χ0v) is 19.7. The molecular weight excluding hydrogens is 442 g/mol. The number of carbonyl (C=O) groups excluding carboxylic acids is 1. The standard InChI is InChI=1S/C24H31N3O5S/c1-19-16-26(17-23(32-19)21-5-3-2-4-6-21)18-24(28)25-15-20-7-9-22(10-8-20)33(29,30)27-11-13-31-14-12-27/h2-10,19,23H,11-18H2,1H3,(H,25,28). The summed E-state index contributed by atoms with van der Waals surface area (Å²) in [4.78, 5) is 14.9. The number of hydrogen-bond acceptors (Lipinski definition) is 6. The molecule has 1 amide bonds. The van der Waals surface area contributed by atoms with E-state index in [1.54, 1.807) is 24.3 Å². The van der Waals surface area contributed by atoms with Crippen molar-refractivity contribution in [3.63, 3.8) is 0 Å². The van der Waals surface area contributed by atoms with Gasteiger partial charge in [-0.05, 0) is 30.2 Å². The molecule has 178 valence electrons. The lowest BCUT2D eigenvalue weighted by molar-refractivity contribution is -0.127. The van der Waals surface area contributed by atoms with Crippen LogP contribution in [0.15, 0.2) is 59.5 Å². The molecule has 0 saturated carbocycles. The molecule has 2 saturated heterocycles. The molecule has 0 spiro atoms. The van der Waals surface area contributed by atoms with Gasteiger partial charge in [0.2, 0.25) is 15.9 Å². The highest BCUT2D eigenvalue weighted by Crippen LogP contribution is 2.24. The monoisotopic (exact) mass is 473 g/mol. The average Bonchev–Trinajstić information content (AvgIpc) is 2.84. The highest BCUT2D eigenvalue weighted by molar-refractivity contribution is 7.89. The first-order valence-corrected chi connectivity index (χ1v) is 12.7. The van der Waals surface area contributed by atoms with Crippen molar-refractivity contribution < 1.29 is 22.7 Å². The van der Waals surface area contributed by atoms with Crippen molar-refractivity contribution in [2.45, 2.75) is 30.6 Å². The fourth-order valence-corrected chi connectivity index (χ4v) is 5.60. The number of hydrogen-bond donors (Lipinski definition) is 1. The van der Waals surface area contributed by atoms with Gasteiger partial charge < -0.3 is 14.8 Å². The van der Waals surface area contributed by atoms with Crippen LogP contribution in [0.25, 0.3) is 0 Å². The molecule has 0 aliphatic carbocycles. The van der Waals surface area contributed by atoms with Crippen molar-refractivity contribution in [3.05, 3.63) is 65.7 Å². The molecule has 2 unspecified atom stereocenters. The van der Waals surface area contributed by atoms with Gasteiger partial charge >= 0.3 is 0 Å². The summed E-state index contributed by atoms with van der Waals surface area (Å²) in [5.41, 5.74) is 1.96. The van der Waals surface area contributed by atoms with E-state index < -0.39 is 10.0 Å². The van der Waals surface area contributed by atoms with Gasteiger partial charge in [-0.15, -0.1) is 0 Å². The lowest BCUT2D eigenvalue weighted by Crippen LogP contribution is -2.47. The Morgan fingerprint density at radius 1 is 1.03 bits per heavy atom. The largest absolute Gasteiger partial charge is 0.379 e. The normalized spacial score (nSPS) is 22.7. The molecule has 0 bridgehead atoms. The van der Waals surface area contributed by atoms with Gasteiger partial charge in [-0.25, -0.2) is 8.42 Å². The maximum absolute atomic E-state index is 12.7. The molecule has 2 aliphatic rings. The predicted molar refractivity (Wildman–Crippen MR) is 124 cm³/mol. The third-order valence-corrected chi connectivity index (χ3v) is 7.81. The van der Waals surface area contributed by atoms with Crippen LogP contribution >= 0.6 is 0 Å². The first-order chi connectivity index (χ1) is 15.9. The van der Waals surface area contributed by atoms with Crippen LogP contribution in [0.5, 0.6) is 0 Å². The third-order valence-electron chi connectivity index (χ3n) is 5.90. The van der Waals surface area contributed by atoms with Crippen LogP contribution in [0.1, 0.15) is 24.2 Å². The number of sulfonamides is 1. The van der Waals surface area contributed by atoms with E-state index in [9.17, 15) is 13.2 Å².